The third-order valence-electron chi connectivity index (χ3n) is 4.25. The van der Waals surface area contributed by atoms with Crippen molar-refractivity contribution in [3.8, 4) is 17.2 Å². The van der Waals surface area contributed by atoms with Crippen molar-refractivity contribution in [3.63, 3.8) is 0 Å². The number of non-ortho nitro benzene ring substituents is 1. The fourth-order valence-corrected chi connectivity index (χ4v) is 2.82. The van der Waals surface area contributed by atoms with Crippen molar-refractivity contribution >= 4 is 17.2 Å². The SMILES string of the molecule is COc1ccc(C(=O)c2ccc(=O)n(-c3cccc([N+](=O)[O-])c3)c2)c(O)c1[N+](=O)[O-]. The molecule has 0 radical (unpaired) electrons. The Morgan fingerprint density at radius 3 is 2.43 bits per heavy atom. The smallest absolute Gasteiger partial charge is 0.352 e. The number of methoxy groups -OCH3 is 1. The quantitative estimate of drug-likeness (QED) is 0.369. The monoisotopic (exact) mass is 411 g/mol. The van der Waals surface area contributed by atoms with Crippen molar-refractivity contribution in [1.29, 1.82) is 0 Å². The van der Waals surface area contributed by atoms with Crippen LogP contribution in [0.15, 0.2) is 59.5 Å². The highest BCUT2D eigenvalue weighted by Gasteiger charge is 2.27. The number of phenols is 1. The number of nitro benzene ring substituents is 2. The molecule has 0 aliphatic heterocycles. The normalized spacial score (nSPS) is 10.4. The Labute approximate surface area is 167 Å². The maximum absolute atomic E-state index is 12.9. The molecule has 0 fully saturated rings. The first kappa shape index (κ1) is 20.2. The van der Waals surface area contributed by atoms with Crippen molar-refractivity contribution in [1.82, 2.24) is 4.57 Å². The summed E-state index contributed by atoms with van der Waals surface area (Å²) in [6, 6.07) is 9.82. The molecule has 0 atom stereocenters. The molecule has 152 valence electrons. The molecule has 0 bridgehead atoms. The van der Waals surface area contributed by atoms with Crippen LogP contribution in [-0.4, -0.2) is 32.4 Å². The summed E-state index contributed by atoms with van der Waals surface area (Å²) in [6.07, 6.45) is 1.14. The lowest BCUT2D eigenvalue weighted by Crippen LogP contribution is -2.19. The van der Waals surface area contributed by atoms with Crippen LogP contribution >= 0.6 is 0 Å². The molecule has 11 heteroatoms. The lowest BCUT2D eigenvalue weighted by molar-refractivity contribution is -0.386. The molecule has 11 nitrogen and oxygen atoms in total. The number of hydrogen-bond donors (Lipinski definition) is 1. The van der Waals surface area contributed by atoms with E-state index in [2.05, 4.69) is 0 Å². The van der Waals surface area contributed by atoms with Crippen LogP contribution in [0.1, 0.15) is 15.9 Å². The fourth-order valence-electron chi connectivity index (χ4n) is 2.82. The van der Waals surface area contributed by atoms with E-state index in [9.17, 15) is 34.9 Å². The Hall–Kier alpha value is -4.54. The highest BCUT2D eigenvalue weighted by Crippen LogP contribution is 2.39. The maximum atomic E-state index is 12.9. The van der Waals surface area contributed by atoms with E-state index in [1.165, 1.54) is 37.4 Å². The first-order valence-corrected chi connectivity index (χ1v) is 8.31. The summed E-state index contributed by atoms with van der Waals surface area (Å²) < 4.78 is 5.86. The maximum Gasteiger partial charge on any atom is 0.352 e. The minimum Gasteiger partial charge on any atom is -0.501 e. The van der Waals surface area contributed by atoms with Crippen LogP contribution < -0.4 is 10.3 Å². The number of carbonyl (C=O) groups is 1. The zero-order valence-electron chi connectivity index (χ0n) is 15.3. The summed E-state index contributed by atoms with van der Waals surface area (Å²) in [4.78, 5) is 45.8. The van der Waals surface area contributed by atoms with E-state index >= 15 is 0 Å². The molecule has 1 aromatic heterocycles. The second kappa shape index (κ2) is 7.83. The standard InChI is InChI=1S/C19H13N3O8/c1-30-15-7-6-14(19(25)17(15)22(28)29)18(24)11-5-8-16(23)20(10-11)12-3-2-4-13(9-12)21(26)27/h2-10,25H,1H3. The summed E-state index contributed by atoms with van der Waals surface area (Å²) in [5.41, 5.74) is -1.87. The summed E-state index contributed by atoms with van der Waals surface area (Å²) >= 11 is 0. The largest absolute Gasteiger partial charge is 0.501 e. The number of nitro groups is 2. The number of phenolic OH excluding ortho intramolecular Hbond substituents is 1. The number of pyridine rings is 1. The summed E-state index contributed by atoms with van der Waals surface area (Å²) in [6.45, 7) is 0. The highest BCUT2D eigenvalue weighted by atomic mass is 16.6. The Morgan fingerprint density at radius 1 is 1.07 bits per heavy atom. The zero-order valence-corrected chi connectivity index (χ0v) is 15.3. The first-order chi connectivity index (χ1) is 14.2. The number of nitrogens with zero attached hydrogens (tertiary/aromatic N) is 3. The Kier molecular flexibility index (Phi) is 5.27. The summed E-state index contributed by atoms with van der Waals surface area (Å²) in [7, 11) is 1.18. The van der Waals surface area contributed by atoms with E-state index in [0.717, 1.165) is 29.0 Å². The molecule has 0 unspecified atom stereocenters. The number of hydrogen-bond acceptors (Lipinski definition) is 8. The van der Waals surface area contributed by atoms with Crippen LogP contribution in [0.25, 0.3) is 5.69 Å². The van der Waals surface area contributed by atoms with E-state index in [4.69, 9.17) is 4.74 Å². The van der Waals surface area contributed by atoms with Gasteiger partial charge in [-0.25, -0.2) is 0 Å². The fraction of sp³-hybridized carbons (Fsp3) is 0.0526. The van der Waals surface area contributed by atoms with E-state index in [1.807, 2.05) is 0 Å². The van der Waals surface area contributed by atoms with Gasteiger partial charge in [0.05, 0.1) is 28.2 Å². The van der Waals surface area contributed by atoms with Crippen molar-refractivity contribution in [2.75, 3.05) is 7.11 Å². The molecule has 2 aromatic carbocycles. The van der Waals surface area contributed by atoms with Gasteiger partial charge in [0.1, 0.15) is 0 Å². The lowest BCUT2D eigenvalue weighted by atomic mass is 10.0. The van der Waals surface area contributed by atoms with Gasteiger partial charge in [0.15, 0.2) is 5.78 Å². The van der Waals surface area contributed by atoms with E-state index in [1.54, 1.807) is 0 Å². The van der Waals surface area contributed by atoms with Gasteiger partial charge in [-0.15, -0.1) is 0 Å². The second-order valence-corrected chi connectivity index (χ2v) is 6.00. The summed E-state index contributed by atoms with van der Waals surface area (Å²) in [5.74, 6) is -1.90. The van der Waals surface area contributed by atoms with Crippen molar-refractivity contribution < 1.29 is 24.5 Å². The predicted molar refractivity (Wildman–Crippen MR) is 103 cm³/mol. The van der Waals surface area contributed by atoms with Crippen molar-refractivity contribution in [3.05, 3.63) is 96.4 Å². The third-order valence-corrected chi connectivity index (χ3v) is 4.25. The van der Waals surface area contributed by atoms with Gasteiger partial charge in [0.2, 0.25) is 11.5 Å². The molecule has 0 saturated carbocycles. The number of carbonyl (C=O) groups excluding carboxylic acids is 1. The molecule has 3 aromatic rings. The number of benzene rings is 2. The Balaban J connectivity index is 2.12. The predicted octanol–water partition coefficient (Wildman–Crippen LogP) is 2.60. The van der Waals surface area contributed by atoms with Crippen molar-refractivity contribution in [2.24, 2.45) is 0 Å². The van der Waals surface area contributed by atoms with Crippen LogP contribution in [0, 0.1) is 20.2 Å². The van der Waals surface area contributed by atoms with Gasteiger partial charge in [-0.2, -0.15) is 0 Å². The van der Waals surface area contributed by atoms with Gasteiger partial charge in [-0.05, 0) is 24.3 Å². The van der Waals surface area contributed by atoms with Crippen LogP contribution in [0.4, 0.5) is 11.4 Å². The number of aromatic hydroxyl groups is 1. The molecular formula is C19H13N3O8. The van der Waals surface area contributed by atoms with Crippen molar-refractivity contribution in [2.45, 2.75) is 0 Å². The molecule has 0 saturated heterocycles. The van der Waals surface area contributed by atoms with E-state index in [0.29, 0.717) is 0 Å². The molecule has 0 aliphatic carbocycles. The first-order valence-electron chi connectivity index (χ1n) is 8.31. The number of rotatable bonds is 6. The molecule has 0 spiro atoms. The van der Waals surface area contributed by atoms with Gasteiger partial charge in [-0.1, -0.05) is 6.07 Å². The lowest BCUT2D eigenvalue weighted by Gasteiger charge is -2.10. The molecule has 30 heavy (non-hydrogen) atoms. The average molecular weight is 411 g/mol. The molecule has 1 N–H and O–H groups in total. The number of ether oxygens (including phenoxy) is 1. The Morgan fingerprint density at radius 2 is 1.80 bits per heavy atom. The minimum atomic E-state index is -0.880. The Bertz CT molecular complexity index is 1250. The second-order valence-electron chi connectivity index (χ2n) is 6.00. The van der Waals surface area contributed by atoms with Gasteiger partial charge >= 0.3 is 5.69 Å². The van der Waals surface area contributed by atoms with Crippen LogP contribution in [-0.2, 0) is 0 Å². The minimum absolute atomic E-state index is 0.0733. The third kappa shape index (κ3) is 3.58. The molecular weight excluding hydrogens is 398 g/mol. The van der Waals surface area contributed by atoms with Gasteiger partial charge < -0.3 is 9.84 Å². The van der Waals surface area contributed by atoms with Gasteiger partial charge in [0, 0.05) is 30.0 Å². The van der Waals surface area contributed by atoms with E-state index in [-0.39, 0.29) is 28.3 Å². The van der Waals surface area contributed by atoms with Crippen LogP contribution in [0.5, 0.6) is 11.5 Å². The zero-order chi connectivity index (χ0) is 22.0. The van der Waals surface area contributed by atoms with Gasteiger partial charge in [-0.3, -0.25) is 34.4 Å². The molecule has 0 amide bonds. The molecule has 0 aliphatic rings. The number of ketones is 1. The van der Waals surface area contributed by atoms with Crippen LogP contribution in [0.3, 0.4) is 0 Å². The van der Waals surface area contributed by atoms with Gasteiger partial charge in [0.25, 0.3) is 11.2 Å². The highest BCUT2D eigenvalue weighted by molar-refractivity contribution is 6.11. The van der Waals surface area contributed by atoms with Crippen LogP contribution in [0.2, 0.25) is 0 Å². The van der Waals surface area contributed by atoms with E-state index < -0.39 is 32.6 Å². The topological polar surface area (TPSA) is 155 Å². The molecule has 3 rings (SSSR count). The average Bonchev–Trinajstić information content (AvgIpc) is 2.73. The summed E-state index contributed by atoms with van der Waals surface area (Å²) in [5, 5.41) is 32.5. The molecule has 1 heterocycles. The number of aromatic nitrogens is 1.